The number of nitrogens with zero attached hydrogens (tertiary/aromatic N) is 2. The highest BCUT2D eigenvalue weighted by atomic mass is 16.4. The van der Waals surface area contributed by atoms with E-state index in [4.69, 9.17) is 8.83 Å². The quantitative estimate of drug-likeness (QED) is 0.881. The topological polar surface area (TPSA) is 64.1 Å². The van der Waals surface area contributed by atoms with E-state index in [1.807, 2.05) is 19.9 Å². The molecule has 0 aliphatic heterocycles. The molecule has 0 spiro atoms. The van der Waals surface area contributed by atoms with Gasteiger partial charge in [-0.3, -0.25) is 0 Å². The first-order valence-electron chi connectivity index (χ1n) is 5.65. The average molecular weight is 235 g/mol. The van der Waals surface area contributed by atoms with E-state index in [-0.39, 0.29) is 6.04 Å². The van der Waals surface area contributed by atoms with Crippen LogP contribution < -0.4 is 5.32 Å². The van der Waals surface area contributed by atoms with Crippen LogP contribution in [0.1, 0.15) is 41.8 Å². The largest absolute Gasteiger partial charge is 0.466 e. The van der Waals surface area contributed by atoms with Gasteiger partial charge in [-0.2, -0.15) is 0 Å². The monoisotopic (exact) mass is 235 g/mol. The Balaban J connectivity index is 1.97. The summed E-state index contributed by atoms with van der Waals surface area (Å²) in [6.45, 7) is 8.34. The van der Waals surface area contributed by atoms with Gasteiger partial charge in [0.2, 0.25) is 11.8 Å². The summed E-state index contributed by atoms with van der Waals surface area (Å²) in [6.07, 6.45) is 0. The molecule has 0 radical (unpaired) electrons. The molecule has 0 saturated heterocycles. The van der Waals surface area contributed by atoms with Gasteiger partial charge in [-0.1, -0.05) is 0 Å². The maximum absolute atomic E-state index is 5.50. The fraction of sp³-hybridized carbons (Fsp3) is 0.500. The number of rotatable bonds is 4. The van der Waals surface area contributed by atoms with Crippen LogP contribution in [0, 0.1) is 20.8 Å². The number of furan rings is 1. The molecule has 5 heteroatoms. The van der Waals surface area contributed by atoms with Crippen molar-refractivity contribution in [1.29, 1.82) is 0 Å². The third-order valence-electron chi connectivity index (χ3n) is 2.67. The molecule has 0 saturated carbocycles. The molecule has 0 fully saturated rings. The minimum Gasteiger partial charge on any atom is -0.466 e. The van der Waals surface area contributed by atoms with Gasteiger partial charge >= 0.3 is 0 Å². The molecule has 0 aliphatic rings. The van der Waals surface area contributed by atoms with Crippen LogP contribution >= 0.6 is 0 Å². The molecule has 2 aromatic rings. The highest BCUT2D eigenvalue weighted by Gasteiger charge is 2.13. The lowest BCUT2D eigenvalue weighted by Gasteiger charge is -2.10. The van der Waals surface area contributed by atoms with Crippen molar-refractivity contribution >= 4 is 0 Å². The number of aromatic nitrogens is 2. The van der Waals surface area contributed by atoms with Gasteiger partial charge in [0.25, 0.3) is 0 Å². The van der Waals surface area contributed by atoms with Crippen LogP contribution in [0.25, 0.3) is 0 Å². The molecule has 0 bridgehead atoms. The summed E-state index contributed by atoms with van der Waals surface area (Å²) in [5.41, 5.74) is 1.17. The van der Waals surface area contributed by atoms with Crippen LogP contribution in [0.3, 0.4) is 0 Å². The summed E-state index contributed by atoms with van der Waals surface area (Å²) in [6, 6.07) is 2.24. The Kier molecular flexibility index (Phi) is 3.28. The molecular weight excluding hydrogens is 218 g/mol. The number of hydrogen-bond acceptors (Lipinski definition) is 5. The van der Waals surface area contributed by atoms with Crippen molar-refractivity contribution in [3.8, 4) is 0 Å². The van der Waals surface area contributed by atoms with Crippen molar-refractivity contribution in [1.82, 2.24) is 15.5 Å². The lowest BCUT2D eigenvalue weighted by atomic mass is 10.1. The second-order valence-corrected chi connectivity index (χ2v) is 4.19. The van der Waals surface area contributed by atoms with Crippen molar-refractivity contribution in [3.05, 3.63) is 34.9 Å². The van der Waals surface area contributed by atoms with Crippen LogP contribution in [0.4, 0.5) is 0 Å². The Hall–Kier alpha value is -1.62. The Bertz CT molecular complexity index is 502. The van der Waals surface area contributed by atoms with Gasteiger partial charge in [0.05, 0.1) is 6.54 Å². The van der Waals surface area contributed by atoms with Gasteiger partial charge in [0.15, 0.2) is 0 Å². The van der Waals surface area contributed by atoms with E-state index in [1.54, 1.807) is 6.92 Å². The molecule has 0 unspecified atom stereocenters. The zero-order valence-corrected chi connectivity index (χ0v) is 10.6. The lowest BCUT2D eigenvalue weighted by Crippen LogP contribution is -2.18. The molecule has 2 rings (SSSR count). The molecule has 92 valence electrons. The highest BCUT2D eigenvalue weighted by molar-refractivity contribution is 5.23. The summed E-state index contributed by atoms with van der Waals surface area (Å²) < 4.78 is 10.8. The summed E-state index contributed by atoms with van der Waals surface area (Å²) in [4.78, 5) is 0. The number of aryl methyl sites for hydroxylation is 3. The number of hydrogen-bond donors (Lipinski definition) is 1. The molecule has 0 aliphatic carbocycles. The number of nitrogens with one attached hydrogen (secondary N) is 1. The maximum atomic E-state index is 5.50. The Labute approximate surface area is 100 Å². The summed E-state index contributed by atoms with van der Waals surface area (Å²) >= 11 is 0. The molecule has 0 aromatic carbocycles. The SMILES string of the molecule is Cc1cc([C@@H](C)NCc2nnc(C)o2)c(C)o1. The van der Waals surface area contributed by atoms with E-state index in [2.05, 4.69) is 22.4 Å². The summed E-state index contributed by atoms with van der Waals surface area (Å²) in [7, 11) is 0. The normalized spacial score (nSPS) is 12.9. The Morgan fingerprint density at radius 1 is 1.24 bits per heavy atom. The van der Waals surface area contributed by atoms with Crippen LogP contribution in [-0.4, -0.2) is 10.2 Å². The minimum atomic E-state index is 0.194. The maximum Gasteiger partial charge on any atom is 0.230 e. The second-order valence-electron chi connectivity index (χ2n) is 4.19. The Morgan fingerprint density at radius 2 is 2.00 bits per heavy atom. The molecule has 2 aromatic heterocycles. The van der Waals surface area contributed by atoms with Gasteiger partial charge in [-0.05, 0) is 26.8 Å². The van der Waals surface area contributed by atoms with Crippen LogP contribution in [0.15, 0.2) is 14.9 Å². The third-order valence-corrected chi connectivity index (χ3v) is 2.67. The standard InChI is InChI=1S/C12H17N3O2/c1-7-5-11(9(3)16-7)8(2)13-6-12-15-14-10(4)17-12/h5,8,13H,6H2,1-4H3/t8-/m1/s1. The van der Waals surface area contributed by atoms with E-state index < -0.39 is 0 Å². The van der Waals surface area contributed by atoms with Crippen LogP contribution in [0.5, 0.6) is 0 Å². The van der Waals surface area contributed by atoms with Crippen molar-refractivity contribution in [3.63, 3.8) is 0 Å². The molecule has 0 amide bonds. The predicted molar refractivity (Wildman–Crippen MR) is 62.5 cm³/mol. The van der Waals surface area contributed by atoms with E-state index in [0.29, 0.717) is 18.3 Å². The van der Waals surface area contributed by atoms with Crippen molar-refractivity contribution in [2.75, 3.05) is 0 Å². The first-order chi connectivity index (χ1) is 8.06. The summed E-state index contributed by atoms with van der Waals surface area (Å²) in [5.74, 6) is 3.07. The molecule has 2 heterocycles. The first kappa shape index (κ1) is 11.9. The highest BCUT2D eigenvalue weighted by Crippen LogP contribution is 2.21. The zero-order valence-electron chi connectivity index (χ0n) is 10.6. The zero-order chi connectivity index (χ0) is 12.4. The molecular formula is C12H17N3O2. The smallest absolute Gasteiger partial charge is 0.230 e. The lowest BCUT2D eigenvalue weighted by molar-refractivity contribution is 0.427. The van der Waals surface area contributed by atoms with E-state index in [9.17, 15) is 0 Å². The summed E-state index contributed by atoms with van der Waals surface area (Å²) in [5, 5.41) is 11.0. The van der Waals surface area contributed by atoms with Crippen LogP contribution in [0.2, 0.25) is 0 Å². The van der Waals surface area contributed by atoms with E-state index in [1.165, 1.54) is 5.56 Å². The van der Waals surface area contributed by atoms with Crippen molar-refractivity contribution in [2.45, 2.75) is 40.3 Å². The molecule has 1 atom stereocenters. The molecule has 5 nitrogen and oxygen atoms in total. The van der Waals surface area contributed by atoms with Gasteiger partial charge < -0.3 is 14.2 Å². The first-order valence-corrected chi connectivity index (χ1v) is 5.65. The minimum absolute atomic E-state index is 0.194. The molecule has 17 heavy (non-hydrogen) atoms. The Morgan fingerprint density at radius 3 is 2.53 bits per heavy atom. The van der Waals surface area contributed by atoms with Crippen LogP contribution in [-0.2, 0) is 6.54 Å². The van der Waals surface area contributed by atoms with Crippen molar-refractivity contribution in [2.24, 2.45) is 0 Å². The van der Waals surface area contributed by atoms with Gasteiger partial charge in [-0.25, -0.2) is 0 Å². The van der Waals surface area contributed by atoms with E-state index in [0.717, 1.165) is 11.5 Å². The van der Waals surface area contributed by atoms with E-state index >= 15 is 0 Å². The second kappa shape index (κ2) is 4.71. The molecule has 1 N–H and O–H groups in total. The fourth-order valence-electron chi connectivity index (χ4n) is 1.84. The predicted octanol–water partition coefficient (Wildman–Crippen LogP) is 2.44. The van der Waals surface area contributed by atoms with Crippen molar-refractivity contribution < 1.29 is 8.83 Å². The van der Waals surface area contributed by atoms with Gasteiger partial charge in [0, 0.05) is 18.5 Å². The fourth-order valence-corrected chi connectivity index (χ4v) is 1.84. The van der Waals surface area contributed by atoms with Gasteiger partial charge in [0.1, 0.15) is 11.5 Å². The van der Waals surface area contributed by atoms with Gasteiger partial charge in [-0.15, -0.1) is 10.2 Å². The third kappa shape index (κ3) is 2.74. The average Bonchev–Trinajstić information content (AvgIpc) is 2.81.